The Labute approximate surface area is 109 Å². The van der Waals surface area contributed by atoms with Crippen molar-refractivity contribution >= 4 is 28.5 Å². The van der Waals surface area contributed by atoms with Crippen molar-refractivity contribution in [2.75, 3.05) is 6.54 Å². The van der Waals surface area contributed by atoms with E-state index in [0.29, 0.717) is 5.91 Å². The van der Waals surface area contributed by atoms with Crippen LogP contribution in [-0.4, -0.2) is 17.4 Å². The highest BCUT2D eigenvalue weighted by molar-refractivity contribution is 14.1. The molecule has 1 saturated carbocycles. The van der Waals surface area contributed by atoms with Crippen LogP contribution in [-0.2, 0) is 10.3 Å². The molecular formula is C13H14INO. The summed E-state index contributed by atoms with van der Waals surface area (Å²) in [6.45, 7) is 0.949. The summed E-state index contributed by atoms with van der Waals surface area (Å²) in [7, 11) is 0. The van der Waals surface area contributed by atoms with Crippen molar-refractivity contribution in [2.45, 2.75) is 31.2 Å². The Balaban J connectivity index is 1.93. The predicted octanol–water partition coefficient (Wildman–Crippen LogP) is 2.90. The first-order chi connectivity index (χ1) is 7.72. The molecule has 1 aromatic rings. The number of benzene rings is 1. The highest BCUT2D eigenvalue weighted by Gasteiger charge is 2.52. The third-order valence-electron chi connectivity index (χ3n) is 3.70. The van der Waals surface area contributed by atoms with Crippen LogP contribution in [0.5, 0.6) is 0 Å². The van der Waals surface area contributed by atoms with Gasteiger partial charge in [0.2, 0.25) is 5.91 Å². The van der Waals surface area contributed by atoms with E-state index >= 15 is 0 Å². The van der Waals surface area contributed by atoms with Crippen molar-refractivity contribution in [1.29, 1.82) is 0 Å². The Morgan fingerprint density at radius 3 is 2.38 bits per heavy atom. The molecule has 0 spiro atoms. The Morgan fingerprint density at radius 2 is 1.88 bits per heavy atom. The van der Waals surface area contributed by atoms with Crippen LogP contribution in [0.15, 0.2) is 24.3 Å². The maximum Gasteiger partial charge on any atom is 0.223 e. The summed E-state index contributed by atoms with van der Waals surface area (Å²) >= 11 is 2.32. The van der Waals surface area contributed by atoms with Crippen LogP contribution in [0.4, 0.5) is 0 Å². The number of amides is 1. The number of likely N-dealkylation sites (tertiary alicyclic amines) is 1. The van der Waals surface area contributed by atoms with Gasteiger partial charge in [0.05, 0.1) is 5.54 Å². The maximum atomic E-state index is 11.8. The van der Waals surface area contributed by atoms with Gasteiger partial charge in [-0.05, 0) is 59.5 Å². The molecule has 0 unspecified atom stereocenters. The minimum atomic E-state index is 0.0674. The molecule has 1 aromatic carbocycles. The Bertz CT molecular complexity index is 422. The van der Waals surface area contributed by atoms with Gasteiger partial charge >= 0.3 is 0 Å². The van der Waals surface area contributed by atoms with Crippen LogP contribution < -0.4 is 0 Å². The Hall–Kier alpha value is -0.580. The lowest BCUT2D eigenvalue weighted by molar-refractivity contribution is -0.130. The van der Waals surface area contributed by atoms with Crippen molar-refractivity contribution < 1.29 is 4.79 Å². The summed E-state index contributed by atoms with van der Waals surface area (Å²) in [6, 6.07) is 8.63. The lowest BCUT2D eigenvalue weighted by Crippen LogP contribution is -2.36. The van der Waals surface area contributed by atoms with Crippen LogP contribution in [0.25, 0.3) is 0 Å². The lowest BCUT2D eigenvalue weighted by Gasteiger charge is -2.28. The average molecular weight is 327 g/mol. The molecule has 84 valence electrons. The molecule has 0 aromatic heterocycles. The molecule has 1 aliphatic heterocycles. The third-order valence-corrected chi connectivity index (χ3v) is 4.41. The summed E-state index contributed by atoms with van der Waals surface area (Å²) in [5.41, 5.74) is 1.39. The van der Waals surface area contributed by atoms with Gasteiger partial charge < -0.3 is 4.90 Å². The molecule has 2 aliphatic rings. The number of halogens is 1. The van der Waals surface area contributed by atoms with Crippen molar-refractivity contribution in [3.8, 4) is 0 Å². The normalized spacial score (nSPS) is 22.6. The smallest absolute Gasteiger partial charge is 0.223 e. The van der Waals surface area contributed by atoms with Crippen LogP contribution in [0, 0.1) is 3.57 Å². The van der Waals surface area contributed by atoms with E-state index in [9.17, 15) is 4.79 Å². The van der Waals surface area contributed by atoms with E-state index in [-0.39, 0.29) is 5.54 Å². The number of carbonyl (C=O) groups excluding carboxylic acids is 1. The second kappa shape index (κ2) is 3.72. The van der Waals surface area contributed by atoms with Crippen molar-refractivity contribution in [3.05, 3.63) is 33.4 Å². The van der Waals surface area contributed by atoms with Gasteiger partial charge in [-0.15, -0.1) is 0 Å². The third kappa shape index (κ3) is 1.56. The summed E-state index contributed by atoms with van der Waals surface area (Å²) in [4.78, 5) is 13.9. The molecule has 0 radical (unpaired) electrons. The van der Waals surface area contributed by atoms with Crippen LogP contribution in [0.2, 0.25) is 0 Å². The van der Waals surface area contributed by atoms with Crippen LogP contribution in [0.3, 0.4) is 0 Å². The largest absolute Gasteiger partial charge is 0.333 e. The highest BCUT2D eigenvalue weighted by Crippen LogP contribution is 2.52. The Morgan fingerprint density at radius 1 is 1.19 bits per heavy atom. The lowest BCUT2D eigenvalue weighted by atomic mass is 10.0. The van der Waals surface area contributed by atoms with E-state index in [1.165, 1.54) is 9.13 Å². The summed E-state index contributed by atoms with van der Waals surface area (Å²) in [5.74, 6) is 0.344. The molecule has 1 aliphatic carbocycles. The molecule has 1 saturated heterocycles. The number of nitrogens with zero attached hydrogens (tertiary/aromatic N) is 1. The van der Waals surface area contributed by atoms with E-state index in [0.717, 1.165) is 32.2 Å². The number of hydrogen-bond donors (Lipinski definition) is 0. The zero-order valence-corrected chi connectivity index (χ0v) is 11.2. The monoisotopic (exact) mass is 327 g/mol. The molecule has 3 heteroatoms. The molecule has 16 heavy (non-hydrogen) atoms. The van der Waals surface area contributed by atoms with Crippen molar-refractivity contribution in [2.24, 2.45) is 0 Å². The zero-order chi connectivity index (χ0) is 11.2. The van der Waals surface area contributed by atoms with Crippen LogP contribution in [0.1, 0.15) is 31.2 Å². The van der Waals surface area contributed by atoms with Gasteiger partial charge in [0.1, 0.15) is 0 Å². The summed E-state index contributed by atoms with van der Waals surface area (Å²) in [5, 5.41) is 0. The first-order valence-electron chi connectivity index (χ1n) is 5.79. The number of rotatable bonds is 2. The molecular weight excluding hydrogens is 313 g/mol. The van der Waals surface area contributed by atoms with Crippen LogP contribution >= 0.6 is 22.6 Å². The van der Waals surface area contributed by atoms with Gasteiger partial charge in [-0.3, -0.25) is 4.79 Å². The average Bonchev–Trinajstić information content (AvgIpc) is 2.97. The second-order valence-electron chi connectivity index (χ2n) is 4.69. The quantitative estimate of drug-likeness (QED) is 0.765. The molecule has 2 fully saturated rings. The second-order valence-corrected chi connectivity index (χ2v) is 5.93. The van der Waals surface area contributed by atoms with E-state index in [1.54, 1.807) is 0 Å². The molecule has 2 nitrogen and oxygen atoms in total. The number of carbonyl (C=O) groups is 1. The SMILES string of the molecule is O=C1CCCN1C1(c2ccc(I)cc2)CC1. The van der Waals surface area contributed by atoms with Gasteiger partial charge in [0.15, 0.2) is 0 Å². The first-order valence-corrected chi connectivity index (χ1v) is 6.87. The molecule has 3 rings (SSSR count). The molecule has 0 bridgehead atoms. The molecule has 1 heterocycles. The van der Waals surface area contributed by atoms with Crippen molar-refractivity contribution in [1.82, 2.24) is 4.90 Å². The van der Waals surface area contributed by atoms with Gasteiger partial charge in [-0.25, -0.2) is 0 Å². The van der Waals surface area contributed by atoms with Gasteiger partial charge in [0.25, 0.3) is 0 Å². The van der Waals surface area contributed by atoms with Gasteiger partial charge in [-0.2, -0.15) is 0 Å². The molecule has 1 amide bonds. The minimum absolute atomic E-state index is 0.0674. The van der Waals surface area contributed by atoms with E-state index in [4.69, 9.17) is 0 Å². The summed E-state index contributed by atoms with van der Waals surface area (Å²) < 4.78 is 1.25. The van der Waals surface area contributed by atoms with E-state index in [2.05, 4.69) is 51.8 Å². The predicted molar refractivity (Wildman–Crippen MR) is 71.0 cm³/mol. The standard InChI is InChI=1S/C13H14INO/c14-11-5-3-10(4-6-11)13(7-8-13)15-9-1-2-12(15)16/h3-6H,1-2,7-9H2. The maximum absolute atomic E-state index is 11.8. The van der Waals surface area contributed by atoms with E-state index in [1.807, 2.05) is 0 Å². The van der Waals surface area contributed by atoms with E-state index < -0.39 is 0 Å². The minimum Gasteiger partial charge on any atom is -0.333 e. The van der Waals surface area contributed by atoms with Gasteiger partial charge in [-0.1, -0.05) is 12.1 Å². The summed E-state index contributed by atoms with van der Waals surface area (Å²) in [6.07, 6.45) is 4.05. The fourth-order valence-electron chi connectivity index (χ4n) is 2.69. The van der Waals surface area contributed by atoms with Crippen molar-refractivity contribution in [3.63, 3.8) is 0 Å². The first kappa shape index (κ1) is 10.6. The zero-order valence-electron chi connectivity index (χ0n) is 9.08. The fraction of sp³-hybridized carbons (Fsp3) is 0.462. The molecule has 0 atom stereocenters. The fourth-order valence-corrected chi connectivity index (χ4v) is 3.05. The highest BCUT2D eigenvalue weighted by atomic mass is 127. The molecule has 0 N–H and O–H groups in total. The number of hydrogen-bond acceptors (Lipinski definition) is 1. The Kier molecular flexibility index (Phi) is 2.46. The topological polar surface area (TPSA) is 20.3 Å². The van der Waals surface area contributed by atoms with Gasteiger partial charge in [0, 0.05) is 16.5 Å².